The number of ether oxygens (including phenoxy) is 2. The molecule has 3 rings (SSSR count). The summed E-state index contributed by atoms with van der Waals surface area (Å²) in [6.07, 6.45) is 1.51. The van der Waals surface area contributed by atoms with Crippen LogP contribution in [-0.4, -0.2) is 12.5 Å². The molecule has 0 aliphatic carbocycles. The third-order valence-electron chi connectivity index (χ3n) is 5.28. The first-order chi connectivity index (χ1) is 16.7. The number of hydrogen-bond acceptors (Lipinski definition) is 4. The van der Waals surface area contributed by atoms with Gasteiger partial charge >= 0.3 is 0 Å². The van der Waals surface area contributed by atoms with E-state index in [4.69, 9.17) is 32.7 Å². The highest BCUT2D eigenvalue weighted by Crippen LogP contribution is 2.36. The molecule has 0 spiro atoms. The number of halogens is 3. The van der Waals surface area contributed by atoms with Crippen LogP contribution in [0.2, 0.25) is 10.0 Å². The van der Waals surface area contributed by atoms with Gasteiger partial charge in [0.2, 0.25) is 0 Å². The van der Waals surface area contributed by atoms with Gasteiger partial charge in [0.15, 0.2) is 11.5 Å². The van der Waals surface area contributed by atoms with E-state index in [0.717, 1.165) is 16.7 Å². The average Bonchev–Trinajstić information content (AvgIpc) is 2.82. The fraction of sp³-hybridized carbons (Fsp3) is 0.185. The van der Waals surface area contributed by atoms with Crippen molar-refractivity contribution in [3.63, 3.8) is 0 Å². The molecule has 0 saturated carbocycles. The lowest BCUT2D eigenvalue weighted by atomic mass is 10.1. The van der Waals surface area contributed by atoms with Gasteiger partial charge in [-0.1, -0.05) is 57.3 Å². The second-order valence-corrected chi connectivity index (χ2v) is 9.35. The van der Waals surface area contributed by atoms with Gasteiger partial charge in [0.1, 0.15) is 18.2 Å². The largest absolute Gasteiger partial charge is 0.490 e. The third-order valence-corrected chi connectivity index (χ3v) is 6.55. The maximum atomic E-state index is 12.8. The van der Waals surface area contributed by atoms with E-state index < -0.39 is 5.91 Å². The van der Waals surface area contributed by atoms with Gasteiger partial charge < -0.3 is 14.8 Å². The topological polar surface area (TPSA) is 71.3 Å². The molecular weight excluding hydrogens is 551 g/mol. The number of benzene rings is 3. The van der Waals surface area contributed by atoms with E-state index in [0.29, 0.717) is 43.9 Å². The number of carbonyl (C=O) groups is 1. The number of nitrogens with one attached hydrogen (secondary N) is 1. The van der Waals surface area contributed by atoms with Gasteiger partial charge in [-0.3, -0.25) is 4.79 Å². The lowest BCUT2D eigenvalue weighted by Gasteiger charge is -2.15. The van der Waals surface area contributed by atoms with Crippen molar-refractivity contribution < 1.29 is 14.3 Å². The highest BCUT2D eigenvalue weighted by Gasteiger charge is 2.15. The van der Waals surface area contributed by atoms with Crippen LogP contribution in [0.3, 0.4) is 0 Å². The number of anilines is 1. The second-order valence-electron chi connectivity index (χ2n) is 7.65. The Morgan fingerprint density at radius 2 is 1.86 bits per heavy atom. The highest BCUT2D eigenvalue weighted by molar-refractivity contribution is 9.10. The normalized spacial score (nSPS) is 11.1. The summed E-state index contributed by atoms with van der Waals surface area (Å²) in [4.78, 5) is 12.8. The van der Waals surface area contributed by atoms with E-state index in [1.165, 1.54) is 6.08 Å². The predicted octanol–water partition coefficient (Wildman–Crippen LogP) is 7.90. The summed E-state index contributed by atoms with van der Waals surface area (Å²) in [5.74, 6) is 0.461. The minimum Gasteiger partial charge on any atom is -0.490 e. The summed E-state index contributed by atoms with van der Waals surface area (Å²) in [5, 5.41) is 13.5. The summed E-state index contributed by atoms with van der Waals surface area (Å²) in [6, 6.07) is 16.3. The maximum Gasteiger partial charge on any atom is 0.266 e. The van der Waals surface area contributed by atoms with Gasteiger partial charge in [-0.05, 0) is 73.9 Å². The second kappa shape index (κ2) is 12.1. The fourth-order valence-electron chi connectivity index (χ4n) is 3.22. The zero-order valence-corrected chi connectivity index (χ0v) is 22.5. The Bertz CT molecular complexity index is 1330. The summed E-state index contributed by atoms with van der Waals surface area (Å²) in [5.41, 5.74) is 3.97. The molecule has 1 N–H and O–H groups in total. The fourth-order valence-corrected chi connectivity index (χ4v) is 4.12. The number of aryl methyl sites for hydroxylation is 1. The summed E-state index contributed by atoms with van der Waals surface area (Å²) < 4.78 is 12.4. The molecule has 1 amide bonds. The quantitative estimate of drug-likeness (QED) is 0.219. The summed E-state index contributed by atoms with van der Waals surface area (Å²) in [6.45, 7) is 6.35. The van der Waals surface area contributed by atoms with E-state index in [1.54, 1.807) is 36.4 Å². The van der Waals surface area contributed by atoms with Crippen molar-refractivity contribution in [3.05, 3.63) is 90.9 Å². The zero-order valence-electron chi connectivity index (χ0n) is 19.4. The first kappa shape index (κ1) is 26.6. The van der Waals surface area contributed by atoms with Crippen LogP contribution in [0.1, 0.15) is 29.2 Å². The number of hydrogen-bond donors (Lipinski definition) is 1. The van der Waals surface area contributed by atoms with Crippen molar-refractivity contribution >= 4 is 56.8 Å². The first-order valence-electron chi connectivity index (χ1n) is 10.8. The number of rotatable bonds is 8. The Kier molecular flexibility index (Phi) is 9.22. The van der Waals surface area contributed by atoms with Crippen LogP contribution in [0, 0.1) is 25.2 Å². The minimum absolute atomic E-state index is 0.0457. The lowest BCUT2D eigenvalue weighted by molar-refractivity contribution is -0.112. The molecule has 0 heterocycles. The highest BCUT2D eigenvalue weighted by atomic mass is 79.9. The van der Waals surface area contributed by atoms with Crippen LogP contribution in [-0.2, 0) is 11.4 Å². The van der Waals surface area contributed by atoms with E-state index in [1.807, 2.05) is 39.0 Å². The van der Waals surface area contributed by atoms with Gasteiger partial charge in [-0.15, -0.1) is 0 Å². The van der Waals surface area contributed by atoms with Crippen LogP contribution < -0.4 is 14.8 Å². The van der Waals surface area contributed by atoms with E-state index >= 15 is 0 Å². The van der Waals surface area contributed by atoms with Gasteiger partial charge in [0.25, 0.3) is 5.91 Å². The van der Waals surface area contributed by atoms with E-state index in [-0.39, 0.29) is 12.2 Å². The molecule has 0 atom stereocenters. The van der Waals surface area contributed by atoms with Gasteiger partial charge in [-0.2, -0.15) is 5.26 Å². The number of nitriles is 1. The van der Waals surface area contributed by atoms with Crippen molar-refractivity contribution in [2.24, 2.45) is 0 Å². The number of amides is 1. The molecule has 35 heavy (non-hydrogen) atoms. The minimum atomic E-state index is -0.497. The monoisotopic (exact) mass is 572 g/mol. The molecule has 0 aliphatic rings. The summed E-state index contributed by atoms with van der Waals surface area (Å²) >= 11 is 15.7. The molecule has 0 saturated heterocycles. The Morgan fingerprint density at radius 3 is 2.54 bits per heavy atom. The number of nitrogens with zero attached hydrogens (tertiary/aromatic N) is 1. The molecule has 3 aromatic carbocycles. The molecule has 0 unspecified atom stereocenters. The lowest BCUT2D eigenvalue weighted by Crippen LogP contribution is -2.14. The van der Waals surface area contributed by atoms with Crippen molar-refractivity contribution in [1.82, 2.24) is 0 Å². The van der Waals surface area contributed by atoms with Crippen molar-refractivity contribution in [2.75, 3.05) is 11.9 Å². The van der Waals surface area contributed by atoms with E-state index in [2.05, 4.69) is 21.2 Å². The molecule has 0 radical (unpaired) electrons. The summed E-state index contributed by atoms with van der Waals surface area (Å²) in [7, 11) is 0. The van der Waals surface area contributed by atoms with E-state index in [9.17, 15) is 10.1 Å². The van der Waals surface area contributed by atoms with Crippen LogP contribution in [0.25, 0.3) is 6.08 Å². The van der Waals surface area contributed by atoms with Crippen molar-refractivity contribution in [2.45, 2.75) is 27.4 Å². The first-order valence-corrected chi connectivity index (χ1v) is 12.3. The molecule has 0 aromatic heterocycles. The average molecular weight is 574 g/mol. The standard InChI is InChI=1S/C27H23BrCl2N2O3/c1-4-34-25-11-19(10-20(14-31)27(33)32-24-7-5-6-16(2)17(24)3)22(28)13-26(25)35-15-18-8-9-21(29)12-23(18)30/h5-13H,4,15H2,1-3H3,(H,32,33)/b20-10+. The Balaban J connectivity index is 1.87. The number of carbonyl (C=O) groups excluding carboxylic acids is 1. The van der Waals surface area contributed by atoms with Gasteiger partial charge in [0.05, 0.1) is 6.61 Å². The molecular formula is C27H23BrCl2N2O3. The van der Waals surface area contributed by atoms with Crippen LogP contribution in [0.4, 0.5) is 5.69 Å². The smallest absolute Gasteiger partial charge is 0.266 e. The molecule has 5 nitrogen and oxygen atoms in total. The molecule has 3 aromatic rings. The third kappa shape index (κ3) is 6.79. The SMILES string of the molecule is CCOc1cc(/C=C(\C#N)C(=O)Nc2cccc(C)c2C)c(Br)cc1OCc1ccc(Cl)cc1Cl. The van der Waals surface area contributed by atoms with Gasteiger partial charge in [0, 0.05) is 25.8 Å². The Morgan fingerprint density at radius 1 is 1.11 bits per heavy atom. The van der Waals surface area contributed by atoms with Crippen molar-refractivity contribution in [1.29, 1.82) is 5.26 Å². The molecule has 0 fully saturated rings. The zero-order chi connectivity index (χ0) is 25.5. The Labute approximate surface area is 223 Å². The predicted molar refractivity (Wildman–Crippen MR) is 144 cm³/mol. The van der Waals surface area contributed by atoms with Crippen LogP contribution in [0.5, 0.6) is 11.5 Å². The van der Waals surface area contributed by atoms with Crippen LogP contribution >= 0.6 is 39.1 Å². The molecule has 0 bridgehead atoms. The molecule has 0 aliphatic heterocycles. The van der Waals surface area contributed by atoms with Gasteiger partial charge in [-0.25, -0.2) is 0 Å². The van der Waals surface area contributed by atoms with Crippen LogP contribution in [0.15, 0.2) is 58.6 Å². The Hall–Kier alpha value is -2.98. The molecule has 8 heteroatoms. The van der Waals surface area contributed by atoms with Crippen molar-refractivity contribution in [3.8, 4) is 17.6 Å². The maximum absolute atomic E-state index is 12.8. The molecule has 180 valence electrons.